The van der Waals surface area contributed by atoms with Crippen LogP contribution in [0.4, 0.5) is 5.95 Å². The van der Waals surface area contributed by atoms with Gasteiger partial charge in [-0.15, -0.1) is 0 Å². The molecule has 1 spiro atoms. The zero-order valence-electron chi connectivity index (χ0n) is 14.0. The number of anilines is 1. The lowest BCUT2D eigenvalue weighted by Gasteiger charge is -2.31. The smallest absolute Gasteiger partial charge is 0.219 e. The van der Waals surface area contributed by atoms with Crippen LogP contribution in [0.2, 0.25) is 0 Å². The van der Waals surface area contributed by atoms with Gasteiger partial charge in [0.1, 0.15) is 5.60 Å². The van der Waals surface area contributed by atoms with Crippen molar-refractivity contribution in [3.8, 4) is 0 Å². The van der Waals surface area contributed by atoms with Crippen molar-refractivity contribution in [1.82, 2.24) is 20.2 Å². The van der Waals surface area contributed by atoms with Gasteiger partial charge in [-0.1, -0.05) is 0 Å². The van der Waals surface area contributed by atoms with Gasteiger partial charge in [-0.2, -0.15) is 0 Å². The van der Waals surface area contributed by atoms with E-state index < -0.39 is 0 Å². The fourth-order valence-corrected chi connectivity index (χ4v) is 3.27. The van der Waals surface area contributed by atoms with Gasteiger partial charge in [0.15, 0.2) is 0 Å². The van der Waals surface area contributed by atoms with Crippen LogP contribution in [0.5, 0.6) is 0 Å². The molecule has 3 heterocycles. The van der Waals surface area contributed by atoms with Crippen LogP contribution in [0.1, 0.15) is 25.3 Å². The number of hydrogen-bond acceptors (Lipinski definition) is 7. The molecule has 24 heavy (non-hydrogen) atoms. The molecule has 3 N–H and O–H groups in total. The summed E-state index contributed by atoms with van der Waals surface area (Å²) in [6.07, 6.45) is 5.43. The molecule has 2 fully saturated rings. The van der Waals surface area contributed by atoms with E-state index in [1.54, 1.807) is 19.3 Å². The summed E-state index contributed by atoms with van der Waals surface area (Å²) in [5.41, 5.74) is 6.10. The molecule has 2 atom stereocenters. The van der Waals surface area contributed by atoms with Gasteiger partial charge < -0.3 is 25.4 Å². The van der Waals surface area contributed by atoms with Gasteiger partial charge in [-0.05, 0) is 12.8 Å². The number of nitrogens with one attached hydrogen (secondary N) is 1. The summed E-state index contributed by atoms with van der Waals surface area (Å²) in [6.45, 7) is 5.39. The molecular formula is C16H25N5O3. The normalized spacial score (nSPS) is 27.4. The Balaban J connectivity index is 1.49. The zero-order chi connectivity index (χ0) is 17.0. The number of hydrogen-bond donors (Lipinski definition) is 2. The van der Waals surface area contributed by atoms with E-state index in [1.165, 1.54) is 0 Å². The highest BCUT2D eigenvalue weighted by Gasteiger charge is 2.43. The van der Waals surface area contributed by atoms with E-state index in [0.717, 1.165) is 24.9 Å². The van der Waals surface area contributed by atoms with Gasteiger partial charge >= 0.3 is 0 Å². The predicted molar refractivity (Wildman–Crippen MR) is 88.1 cm³/mol. The average Bonchev–Trinajstić information content (AvgIpc) is 2.82. The quantitative estimate of drug-likeness (QED) is 0.795. The highest BCUT2D eigenvalue weighted by molar-refractivity contribution is 5.73. The summed E-state index contributed by atoms with van der Waals surface area (Å²) < 4.78 is 12.0. The summed E-state index contributed by atoms with van der Waals surface area (Å²) in [5.74, 6) is 0.358. The number of nitrogen functional groups attached to an aromatic ring is 1. The highest BCUT2D eigenvalue weighted by atomic mass is 16.6. The van der Waals surface area contributed by atoms with Crippen LogP contribution in [-0.4, -0.2) is 65.3 Å². The van der Waals surface area contributed by atoms with Gasteiger partial charge in [0.05, 0.1) is 25.9 Å². The van der Waals surface area contributed by atoms with Crippen molar-refractivity contribution in [1.29, 1.82) is 0 Å². The maximum absolute atomic E-state index is 11.7. The van der Waals surface area contributed by atoms with E-state index in [9.17, 15) is 4.79 Å². The van der Waals surface area contributed by atoms with Crippen molar-refractivity contribution in [3.63, 3.8) is 0 Å². The molecule has 1 aromatic heterocycles. The average molecular weight is 335 g/mol. The molecule has 2 saturated heterocycles. The van der Waals surface area contributed by atoms with Crippen LogP contribution in [0.15, 0.2) is 12.4 Å². The third-order valence-corrected chi connectivity index (χ3v) is 4.56. The number of carbonyl (C=O) groups excluding carboxylic acids is 1. The molecule has 0 radical (unpaired) electrons. The van der Waals surface area contributed by atoms with Crippen molar-refractivity contribution >= 4 is 11.9 Å². The molecular weight excluding hydrogens is 310 g/mol. The van der Waals surface area contributed by atoms with Gasteiger partial charge in [0, 0.05) is 44.5 Å². The Morgan fingerprint density at radius 3 is 3.04 bits per heavy atom. The van der Waals surface area contributed by atoms with Crippen LogP contribution in [-0.2, 0) is 20.8 Å². The standard InChI is InChI=1S/C16H25N5O3/c1-12(22)21-4-5-23-11-16(10-21)3-2-14(24-16)9-18-6-13-7-19-15(17)20-8-13/h7-8,14,18H,2-6,9-11H2,1H3,(H2,17,19,20)/t14-,16+/m1/s1. The topological polar surface area (TPSA) is 103 Å². The Hall–Kier alpha value is -1.77. The molecule has 8 heteroatoms. The minimum Gasteiger partial charge on any atom is -0.377 e. The Morgan fingerprint density at radius 1 is 1.50 bits per heavy atom. The number of amides is 1. The molecule has 0 aliphatic carbocycles. The Labute approximate surface area is 141 Å². The summed E-state index contributed by atoms with van der Waals surface area (Å²) in [6, 6.07) is 0. The highest BCUT2D eigenvalue weighted by Crippen LogP contribution is 2.32. The lowest BCUT2D eigenvalue weighted by molar-refractivity contribution is -0.133. The summed E-state index contributed by atoms with van der Waals surface area (Å²) >= 11 is 0. The lowest BCUT2D eigenvalue weighted by atomic mass is 10.00. The molecule has 3 rings (SSSR count). The van der Waals surface area contributed by atoms with E-state index in [4.69, 9.17) is 15.2 Å². The van der Waals surface area contributed by atoms with Crippen molar-refractivity contribution in [3.05, 3.63) is 18.0 Å². The maximum Gasteiger partial charge on any atom is 0.219 e. The number of carbonyl (C=O) groups is 1. The Morgan fingerprint density at radius 2 is 2.29 bits per heavy atom. The van der Waals surface area contributed by atoms with Crippen LogP contribution in [0.3, 0.4) is 0 Å². The molecule has 0 bridgehead atoms. The molecule has 132 valence electrons. The summed E-state index contributed by atoms with van der Waals surface area (Å²) in [5, 5.41) is 3.37. The van der Waals surface area contributed by atoms with Gasteiger partial charge in [0.2, 0.25) is 11.9 Å². The van der Waals surface area contributed by atoms with E-state index in [-0.39, 0.29) is 23.6 Å². The second-order valence-electron chi connectivity index (χ2n) is 6.54. The van der Waals surface area contributed by atoms with E-state index in [0.29, 0.717) is 32.8 Å². The second kappa shape index (κ2) is 7.42. The first-order valence-corrected chi connectivity index (χ1v) is 8.34. The lowest BCUT2D eigenvalue weighted by Crippen LogP contribution is -2.46. The monoisotopic (exact) mass is 335 g/mol. The SMILES string of the molecule is CC(=O)N1CCOC[C@]2(CC[C@H](CNCc3cnc(N)nc3)O2)C1. The minimum absolute atomic E-state index is 0.0772. The summed E-state index contributed by atoms with van der Waals surface area (Å²) in [4.78, 5) is 21.5. The molecule has 2 aliphatic heterocycles. The first-order chi connectivity index (χ1) is 11.6. The van der Waals surface area contributed by atoms with Crippen LogP contribution in [0, 0.1) is 0 Å². The van der Waals surface area contributed by atoms with E-state index >= 15 is 0 Å². The predicted octanol–water partition coefficient (Wildman–Crippen LogP) is -0.0551. The molecule has 0 aromatic carbocycles. The second-order valence-corrected chi connectivity index (χ2v) is 6.54. The van der Waals surface area contributed by atoms with Gasteiger partial charge in [0.25, 0.3) is 0 Å². The Bertz CT molecular complexity index is 567. The first kappa shape index (κ1) is 17.1. The number of aromatic nitrogens is 2. The molecule has 1 aromatic rings. The van der Waals surface area contributed by atoms with E-state index in [1.807, 2.05) is 4.90 Å². The largest absolute Gasteiger partial charge is 0.377 e. The number of nitrogens with two attached hydrogens (primary N) is 1. The van der Waals surface area contributed by atoms with Crippen molar-refractivity contribution in [2.75, 3.05) is 38.6 Å². The third-order valence-electron chi connectivity index (χ3n) is 4.56. The molecule has 8 nitrogen and oxygen atoms in total. The fraction of sp³-hybridized carbons (Fsp3) is 0.688. The van der Waals surface area contributed by atoms with Crippen LogP contribution in [0.25, 0.3) is 0 Å². The maximum atomic E-state index is 11.7. The molecule has 0 unspecified atom stereocenters. The number of ether oxygens (including phenoxy) is 2. The van der Waals surface area contributed by atoms with E-state index in [2.05, 4.69) is 15.3 Å². The number of nitrogens with zero attached hydrogens (tertiary/aromatic N) is 3. The Kier molecular flexibility index (Phi) is 5.27. The van der Waals surface area contributed by atoms with Crippen LogP contribution >= 0.6 is 0 Å². The third kappa shape index (κ3) is 4.19. The van der Waals surface area contributed by atoms with Crippen molar-refractivity contribution in [2.45, 2.75) is 38.0 Å². The minimum atomic E-state index is -0.362. The van der Waals surface area contributed by atoms with Crippen LogP contribution < -0.4 is 11.1 Å². The summed E-state index contributed by atoms with van der Waals surface area (Å²) in [7, 11) is 0. The number of rotatable bonds is 4. The zero-order valence-corrected chi connectivity index (χ0v) is 14.0. The molecule has 2 aliphatic rings. The molecule has 1 amide bonds. The van der Waals surface area contributed by atoms with Gasteiger partial charge in [-0.25, -0.2) is 9.97 Å². The first-order valence-electron chi connectivity index (χ1n) is 8.34. The van der Waals surface area contributed by atoms with Crippen molar-refractivity contribution < 1.29 is 14.3 Å². The van der Waals surface area contributed by atoms with Crippen molar-refractivity contribution in [2.24, 2.45) is 0 Å². The fourth-order valence-electron chi connectivity index (χ4n) is 3.27. The molecule has 0 saturated carbocycles. The van der Waals surface area contributed by atoms with Gasteiger partial charge in [-0.3, -0.25) is 4.79 Å².